The molecule has 3 heterocycles. The van der Waals surface area contributed by atoms with E-state index < -0.39 is 15.9 Å². The maximum absolute atomic E-state index is 13.5. The van der Waals surface area contributed by atoms with Crippen LogP contribution in [0, 0.1) is 5.82 Å². The molecule has 0 saturated carbocycles. The minimum atomic E-state index is -2.96. The summed E-state index contributed by atoms with van der Waals surface area (Å²) in [4.78, 5) is 11.2. The zero-order valence-corrected chi connectivity index (χ0v) is 28.8. The molecular formula is C36H40ClFN6O4S. The summed E-state index contributed by atoms with van der Waals surface area (Å²) >= 11 is 6.53. The average Bonchev–Trinajstić information content (AvgIpc) is 3.53. The quantitative estimate of drug-likeness (QED) is 0.134. The molecule has 49 heavy (non-hydrogen) atoms. The lowest BCUT2D eigenvalue weighted by molar-refractivity contribution is 0.0827. The summed E-state index contributed by atoms with van der Waals surface area (Å²) in [6, 6.07) is 20.0. The molecular weight excluding hydrogens is 667 g/mol. The number of fused-ring (bicyclic) bond motifs is 1. The fourth-order valence-corrected chi connectivity index (χ4v) is 6.77. The molecule has 6 rings (SSSR count). The predicted molar refractivity (Wildman–Crippen MR) is 192 cm³/mol. The van der Waals surface area contributed by atoms with Gasteiger partial charge in [-0.05, 0) is 91.2 Å². The van der Waals surface area contributed by atoms with Crippen LogP contribution in [0.2, 0.25) is 5.02 Å². The number of ether oxygens (including phenoxy) is 1. The van der Waals surface area contributed by atoms with Gasteiger partial charge in [-0.1, -0.05) is 29.8 Å². The van der Waals surface area contributed by atoms with Crippen molar-refractivity contribution in [2.75, 3.05) is 43.5 Å². The Labute approximate surface area is 290 Å². The number of piperidine rings is 1. The van der Waals surface area contributed by atoms with Crippen molar-refractivity contribution in [3.63, 3.8) is 0 Å². The molecule has 1 saturated heterocycles. The van der Waals surface area contributed by atoms with Crippen LogP contribution in [0.15, 0.2) is 85.5 Å². The largest absolute Gasteiger partial charge is 0.487 e. The van der Waals surface area contributed by atoms with Gasteiger partial charge in [0.05, 0.1) is 22.4 Å². The lowest BCUT2D eigenvalue weighted by Crippen LogP contribution is -2.46. The number of aromatic nitrogens is 3. The van der Waals surface area contributed by atoms with Gasteiger partial charge >= 0.3 is 0 Å². The van der Waals surface area contributed by atoms with Crippen LogP contribution in [-0.4, -0.2) is 83.3 Å². The van der Waals surface area contributed by atoms with Crippen LogP contribution in [0.5, 0.6) is 5.75 Å². The van der Waals surface area contributed by atoms with Gasteiger partial charge in [0.15, 0.2) is 0 Å². The highest BCUT2D eigenvalue weighted by molar-refractivity contribution is 7.90. The van der Waals surface area contributed by atoms with E-state index in [0.717, 1.165) is 53.6 Å². The molecule has 0 aliphatic carbocycles. The van der Waals surface area contributed by atoms with Gasteiger partial charge in [0.1, 0.15) is 40.2 Å². The van der Waals surface area contributed by atoms with Crippen molar-refractivity contribution in [2.24, 2.45) is 0 Å². The Morgan fingerprint density at radius 3 is 2.65 bits per heavy atom. The van der Waals surface area contributed by atoms with Gasteiger partial charge in [0, 0.05) is 55.4 Å². The number of aliphatic hydroxyl groups excluding tert-OH is 1. The number of sulfone groups is 1. The van der Waals surface area contributed by atoms with Crippen molar-refractivity contribution in [1.29, 1.82) is 0 Å². The van der Waals surface area contributed by atoms with E-state index in [4.69, 9.17) is 16.3 Å². The summed E-state index contributed by atoms with van der Waals surface area (Å²) in [7, 11) is -2.96. The van der Waals surface area contributed by atoms with E-state index in [1.165, 1.54) is 24.7 Å². The molecule has 258 valence electrons. The number of anilines is 2. The highest BCUT2D eigenvalue weighted by Crippen LogP contribution is 2.32. The molecule has 0 amide bonds. The van der Waals surface area contributed by atoms with Crippen LogP contribution >= 0.6 is 11.6 Å². The first-order valence-corrected chi connectivity index (χ1v) is 18.7. The number of rotatable bonds is 14. The number of β-amino-alcohol motifs (C(OH)–C–C–N with tert-alkyl or cyclic N) is 1. The van der Waals surface area contributed by atoms with Crippen molar-refractivity contribution in [3.05, 3.63) is 102 Å². The Morgan fingerprint density at radius 2 is 1.88 bits per heavy atom. The molecule has 0 unspecified atom stereocenters. The summed E-state index contributed by atoms with van der Waals surface area (Å²) in [6.45, 7) is 3.44. The highest BCUT2D eigenvalue weighted by atomic mass is 35.5. The van der Waals surface area contributed by atoms with E-state index in [-0.39, 0.29) is 18.2 Å². The van der Waals surface area contributed by atoms with Crippen molar-refractivity contribution in [3.8, 4) is 16.9 Å². The fraction of sp³-hybridized carbons (Fsp3) is 0.333. The van der Waals surface area contributed by atoms with Crippen molar-refractivity contribution < 1.29 is 22.7 Å². The van der Waals surface area contributed by atoms with E-state index in [2.05, 4.69) is 25.5 Å². The molecule has 0 spiro atoms. The van der Waals surface area contributed by atoms with E-state index in [9.17, 15) is 17.9 Å². The first kappa shape index (κ1) is 34.8. The normalized spacial score (nSPS) is 15.0. The number of likely N-dealkylation sites (tertiary alicyclic amines) is 1. The molecule has 0 radical (unpaired) electrons. The number of hydrogen-bond donors (Lipinski definition) is 3. The number of nitrogens with one attached hydrogen (secondary N) is 2. The third kappa shape index (κ3) is 9.77. The second-order valence-corrected chi connectivity index (χ2v) is 15.2. The molecule has 1 aliphatic rings. The minimum Gasteiger partial charge on any atom is -0.487 e. The van der Waals surface area contributed by atoms with Crippen molar-refractivity contribution in [1.82, 2.24) is 24.8 Å². The number of halogens is 2. The van der Waals surface area contributed by atoms with Crippen LogP contribution in [0.4, 0.5) is 15.9 Å². The number of benzene rings is 3. The van der Waals surface area contributed by atoms with Gasteiger partial charge in [-0.3, -0.25) is 0 Å². The second-order valence-electron chi connectivity index (χ2n) is 12.6. The van der Waals surface area contributed by atoms with Gasteiger partial charge in [-0.15, -0.1) is 0 Å². The SMILES string of the molecule is CS(=O)(=O)CCNC1CCN(C[C@@H](O)Cn2ccc(-c3ccc4ncnc(Nc5ccc(OCc6cccc(F)c6)c(Cl)c5)c4c3)c2)CC1. The van der Waals surface area contributed by atoms with Gasteiger partial charge in [-0.2, -0.15) is 0 Å². The Hall–Kier alpha value is -4.07. The standard InChI is InChI=1S/C36H40ClFN6O4S/c1-49(46,47)16-12-39-29-10-14-43(15-11-29)21-31(45)22-44-13-9-27(20-44)26-5-7-34-32(18-26)36(41-24-40-34)42-30-6-8-35(33(37)19-30)48-23-25-3-2-4-28(38)17-25/h2-9,13,17-20,24,29,31,39,45H,10-12,14-16,21-23H2,1H3,(H,40,41,42)/t31-/m1/s1. The van der Waals surface area contributed by atoms with Crippen LogP contribution in [0.3, 0.4) is 0 Å². The topological polar surface area (TPSA) is 122 Å². The van der Waals surface area contributed by atoms with E-state index >= 15 is 0 Å². The molecule has 3 N–H and O–H groups in total. The molecule has 5 aromatic rings. The number of hydrogen-bond acceptors (Lipinski definition) is 9. The Bertz CT molecular complexity index is 2000. The smallest absolute Gasteiger partial charge is 0.148 e. The summed E-state index contributed by atoms with van der Waals surface area (Å²) in [5.74, 6) is 0.947. The first-order chi connectivity index (χ1) is 23.6. The van der Waals surface area contributed by atoms with Crippen LogP contribution in [0.25, 0.3) is 22.0 Å². The van der Waals surface area contributed by atoms with E-state index in [1.807, 2.05) is 47.3 Å². The Morgan fingerprint density at radius 1 is 1.04 bits per heavy atom. The van der Waals surface area contributed by atoms with E-state index in [1.54, 1.807) is 24.3 Å². The van der Waals surface area contributed by atoms with Gasteiger partial charge < -0.3 is 29.9 Å². The Kier molecular flexibility index (Phi) is 11.1. The molecule has 3 aromatic carbocycles. The lowest BCUT2D eigenvalue weighted by Gasteiger charge is -2.33. The number of aliphatic hydroxyl groups is 1. The van der Waals surface area contributed by atoms with Crippen molar-refractivity contribution in [2.45, 2.75) is 38.1 Å². The predicted octanol–water partition coefficient (Wildman–Crippen LogP) is 5.67. The third-order valence-electron chi connectivity index (χ3n) is 8.58. The molecule has 1 atom stereocenters. The fourth-order valence-electron chi connectivity index (χ4n) is 6.05. The molecule has 1 aliphatic heterocycles. The van der Waals surface area contributed by atoms with Crippen LogP contribution < -0.4 is 15.4 Å². The molecule has 2 aromatic heterocycles. The maximum atomic E-state index is 13.5. The average molecular weight is 707 g/mol. The molecule has 0 bridgehead atoms. The number of nitrogens with zero attached hydrogens (tertiary/aromatic N) is 4. The summed E-state index contributed by atoms with van der Waals surface area (Å²) in [6.07, 6.45) is 8.10. The summed E-state index contributed by atoms with van der Waals surface area (Å²) < 4.78 is 44.1. The highest BCUT2D eigenvalue weighted by Gasteiger charge is 2.21. The van der Waals surface area contributed by atoms with Gasteiger partial charge in [0.2, 0.25) is 0 Å². The summed E-state index contributed by atoms with van der Waals surface area (Å²) in [5, 5.41) is 18.8. The van der Waals surface area contributed by atoms with E-state index in [0.29, 0.717) is 47.8 Å². The monoisotopic (exact) mass is 706 g/mol. The zero-order valence-electron chi connectivity index (χ0n) is 27.2. The summed E-state index contributed by atoms with van der Waals surface area (Å²) in [5.41, 5.74) is 4.21. The molecule has 13 heteroatoms. The first-order valence-electron chi connectivity index (χ1n) is 16.2. The lowest BCUT2D eigenvalue weighted by atomic mass is 10.0. The van der Waals surface area contributed by atoms with Gasteiger partial charge in [0.25, 0.3) is 0 Å². The second kappa shape index (κ2) is 15.6. The third-order valence-corrected chi connectivity index (χ3v) is 9.82. The molecule has 10 nitrogen and oxygen atoms in total. The Balaban J connectivity index is 1.05. The van der Waals surface area contributed by atoms with Crippen molar-refractivity contribution >= 4 is 43.8 Å². The molecule has 1 fully saturated rings. The maximum Gasteiger partial charge on any atom is 0.148 e. The zero-order chi connectivity index (χ0) is 34.4. The minimum absolute atomic E-state index is 0.151. The van der Waals surface area contributed by atoms with Crippen LogP contribution in [0.1, 0.15) is 18.4 Å². The van der Waals surface area contributed by atoms with Crippen LogP contribution in [-0.2, 0) is 23.0 Å². The van der Waals surface area contributed by atoms with Gasteiger partial charge in [-0.25, -0.2) is 22.8 Å².